The second-order valence-electron chi connectivity index (χ2n) is 5.18. The molecule has 0 amide bonds. The van der Waals surface area contributed by atoms with Crippen LogP contribution in [0.25, 0.3) is 0 Å². The van der Waals surface area contributed by atoms with E-state index in [1.165, 1.54) is 20.2 Å². The molecule has 0 fully saturated rings. The summed E-state index contributed by atoms with van der Waals surface area (Å²) < 4.78 is 35.2. The molecule has 0 radical (unpaired) electrons. The highest BCUT2D eigenvalue weighted by Gasteiger charge is 2.22. The summed E-state index contributed by atoms with van der Waals surface area (Å²) in [7, 11) is 1.07. The Kier molecular flexibility index (Phi) is 5.14. The monoisotopic (exact) mass is 290 g/mol. The summed E-state index contributed by atoms with van der Waals surface area (Å²) in [6.45, 7) is 4.99. The van der Waals surface area contributed by atoms with E-state index in [-0.39, 0.29) is 10.6 Å². The second-order valence-corrected chi connectivity index (χ2v) is 7.26. The van der Waals surface area contributed by atoms with Gasteiger partial charge in [0, 0.05) is 26.7 Å². The molecule has 0 spiro atoms. The minimum absolute atomic E-state index is 0.0427. The predicted octanol–water partition coefficient (Wildman–Crippen LogP) is 1.04. The van der Waals surface area contributed by atoms with Crippen molar-refractivity contribution in [2.45, 2.75) is 31.0 Å². The zero-order valence-corrected chi connectivity index (χ0v) is 12.9. The van der Waals surface area contributed by atoms with Crippen LogP contribution in [0.2, 0.25) is 0 Å². The first-order chi connectivity index (χ1) is 8.69. The number of nitrogens with one attached hydrogen (secondary N) is 1. The van der Waals surface area contributed by atoms with E-state index in [1.54, 1.807) is 13.2 Å². The van der Waals surface area contributed by atoms with Crippen LogP contribution in [0.1, 0.15) is 19.6 Å². The molecule has 1 heterocycles. The van der Waals surface area contributed by atoms with E-state index in [9.17, 15) is 8.42 Å². The molecule has 1 N–H and O–H groups in total. The van der Waals surface area contributed by atoms with E-state index >= 15 is 0 Å². The summed E-state index contributed by atoms with van der Waals surface area (Å²) >= 11 is 0. The van der Waals surface area contributed by atoms with Crippen molar-refractivity contribution in [2.75, 3.05) is 27.8 Å². The molecular formula is C12H22N2O4S. The van der Waals surface area contributed by atoms with Crippen molar-refractivity contribution in [2.24, 2.45) is 0 Å². The number of nitrogens with zero attached hydrogens (tertiary/aromatic N) is 1. The van der Waals surface area contributed by atoms with Gasteiger partial charge in [0.25, 0.3) is 10.0 Å². The van der Waals surface area contributed by atoms with Crippen LogP contribution in [0.3, 0.4) is 0 Å². The number of hydrogen-bond donors (Lipinski definition) is 1. The molecule has 7 heteroatoms. The van der Waals surface area contributed by atoms with Crippen LogP contribution in [0.5, 0.6) is 0 Å². The van der Waals surface area contributed by atoms with E-state index in [4.69, 9.17) is 9.15 Å². The van der Waals surface area contributed by atoms with E-state index in [1.807, 2.05) is 13.8 Å². The van der Waals surface area contributed by atoms with Crippen LogP contribution >= 0.6 is 0 Å². The quantitative estimate of drug-likeness (QED) is 0.812. The summed E-state index contributed by atoms with van der Waals surface area (Å²) in [5, 5.41) is 3.20. The molecule has 0 saturated carbocycles. The Hall–Kier alpha value is -0.890. The lowest BCUT2D eigenvalue weighted by Gasteiger charge is -2.24. The van der Waals surface area contributed by atoms with E-state index in [0.29, 0.717) is 18.9 Å². The van der Waals surface area contributed by atoms with Gasteiger partial charge in [-0.1, -0.05) is 0 Å². The molecule has 6 nitrogen and oxygen atoms in total. The molecule has 1 aromatic heterocycles. The van der Waals surface area contributed by atoms with Crippen LogP contribution in [-0.2, 0) is 21.3 Å². The van der Waals surface area contributed by atoms with Crippen LogP contribution in [0.4, 0.5) is 0 Å². The Balaban J connectivity index is 2.72. The fourth-order valence-corrected chi connectivity index (χ4v) is 2.32. The Morgan fingerprint density at radius 3 is 2.53 bits per heavy atom. The van der Waals surface area contributed by atoms with Crippen LogP contribution in [-0.4, -0.2) is 46.1 Å². The van der Waals surface area contributed by atoms with Gasteiger partial charge in [0.15, 0.2) is 0 Å². The molecule has 19 heavy (non-hydrogen) atoms. The molecule has 0 saturated heterocycles. The standard InChI is InChI=1S/C12H22N2O4S/c1-12(2,9-17-5)13-8-10-6-7-11(18-10)19(15,16)14(3)4/h6-7,13H,8-9H2,1-5H3. The lowest BCUT2D eigenvalue weighted by Crippen LogP contribution is -2.42. The van der Waals surface area contributed by atoms with Gasteiger partial charge in [-0.2, -0.15) is 0 Å². The molecule has 0 bridgehead atoms. The summed E-state index contributed by atoms with van der Waals surface area (Å²) in [6.07, 6.45) is 0. The van der Waals surface area contributed by atoms with Crippen molar-refractivity contribution in [3.8, 4) is 0 Å². The second kappa shape index (κ2) is 6.04. The predicted molar refractivity (Wildman–Crippen MR) is 72.4 cm³/mol. The zero-order valence-electron chi connectivity index (χ0n) is 12.1. The van der Waals surface area contributed by atoms with Gasteiger partial charge in [-0.05, 0) is 26.0 Å². The summed E-state index contributed by atoms with van der Waals surface area (Å²) in [5.41, 5.74) is -0.206. The molecule has 0 aromatic carbocycles. The van der Waals surface area contributed by atoms with Crippen molar-refractivity contribution in [1.29, 1.82) is 0 Å². The van der Waals surface area contributed by atoms with Gasteiger partial charge in [0.1, 0.15) is 5.76 Å². The van der Waals surface area contributed by atoms with E-state index in [2.05, 4.69) is 5.32 Å². The maximum Gasteiger partial charge on any atom is 0.275 e. The average molecular weight is 290 g/mol. The third kappa shape index (κ3) is 4.31. The Bertz CT molecular complexity index is 506. The van der Waals surface area contributed by atoms with Gasteiger partial charge >= 0.3 is 0 Å². The van der Waals surface area contributed by atoms with Crippen LogP contribution in [0.15, 0.2) is 21.6 Å². The number of furan rings is 1. The normalized spacial score (nSPS) is 13.2. The highest BCUT2D eigenvalue weighted by atomic mass is 32.2. The summed E-state index contributed by atoms with van der Waals surface area (Å²) in [5.74, 6) is 0.574. The number of rotatable bonds is 7. The molecule has 110 valence electrons. The largest absolute Gasteiger partial charge is 0.447 e. The van der Waals surface area contributed by atoms with Crippen molar-refractivity contribution in [3.05, 3.63) is 17.9 Å². The average Bonchev–Trinajstić information content (AvgIpc) is 2.75. The van der Waals surface area contributed by atoms with Crippen molar-refractivity contribution in [1.82, 2.24) is 9.62 Å². The lowest BCUT2D eigenvalue weighted by molar-refractivity contribution is 0.126. The molecule has 0 unspecified atom stereocenters. The number of hydrogen-bond acceptors (Lipinski definition) is 5. The molecule has 0 aliphatic heterocycles. The molecule has 1 rings (SSSR count). The molecule has 1 aromatic rings. The third-order valence-electron chi connectivity index (χ3n) is 2.62. The fraction of sp³-hybridized carbons (Fsp3) is 0.667. The Morgan fingerprint density at radius 1 is 1.37 bits per heavy atom. The van der Waals surface area contributed by atoms with Crippen LogP contribution in [0, 0.1) is 0 Å². The highest BCUT2D eigenvalue weighted by molar-refractivity contribution is 7.88. The molecule has 0 atom stereocenters. The molecule has 0 aliphatic rings. The molecule has 0 aliphatic carbocycles. The third-order valence-corrected chi connectivity index (χ3v) is 4.31. The zero-order chi connectivity index (χ0) is 14.7. The highest BCUT2D eigenvalue weighted by Crippen LogP contribution is 2.17. The number of sulfonamides is 1. The first-order valence-corrected chi connectivity index (χ1v) is 7.38. The van der Waals surface area contributed by atoms with Crippen LogP contribution < -0.4 is 5.32 Å². The van der Waals surface area contributed by atoms with Gasteiger partial charge < -0.3 is 14.5 Å². The SMILES string of the molecule is COCC(C)(C)NCc1ccc(S(=O)(=O)N(C)C)o1. The van der Waals surface area contributed by atoms with Gasteiger partial charge in [-0.15, -0.1) is 0 Å². The van der Waals surface area contributed by atoms with Gasteiger partial charge in [-0.3, -0.25) is 0 Å². The van der Waals surface area contributed by atoms with Crippen molar-refractivity contribution in [3.63, 3.8) is 0 Å². The first-order valence-electron chi connectivity index (χ1n) is 5.94. The van der Waals surface area contributed by atoms with E-state index in [0.717, 1.165) is 4.31 Å². The van der Waals surface area contributed by atoms with Crippen molar-refractivity contribution >= 4 is 10.0 Å². The minimum Gasteiger partial charge on any atom is -0.447 e. The lowest BCUT2D eigenvalue weighted by atomic mass is 10.1. The van der Waals surface area contributed by atoms with Gasteiger partial charge in [0.2, 0.25) is 5.09 Å². The maximum atomic E-state index is 11.8. The summed E-state index contributed by atoms with van der Waals surface area (Å²) in [6, 6.07) is 3.13. The first kappa shape index (κ1) is 16.2. The van der Waals surface area contributed by atoms with Gasteiger partial charge in [-0.25, -0.2) is 12.7 Å². The Labute approximate surface area is 114 Å². The molecular weight excluding hydrogens is 268 g/mol. The summed E-state index contributed by atoms with van der Waals surface area (Å²) in [4.78, 5) is 0. The Morgan fingerprint density at radius 2 is 2.00 bits per heavy atom. The number of methoxy groups -OCH3 is 1. The van der Waals surface area contributed by atoms with E-state index < -0.39 is 10.0 Å². The maximum absolute atomic E-state index is 11.8. The van der Waals surface area contributed by atoms with Crippen molar-refractivity contribution < 1.29 is 17.6 Å². The van der Waals surface area contributed by atoms with Gasteiger partial charge in [0.05, 0.1) is 13.2 Å². The minimum atomic E-state index is -3.51. The smallest absolute Gasteiger partial charge is 0.275 e. The number of ether oxygens (including phenoxy) is 1. The topological polar surface area (TPSA) is 71.8 Å². The fourth-order valence-electron chi connectivity index (χ4n) is 1.51.